The lowest BCUT2D eigenvalue weighted by Crippen LogP contribution is -2.46. The number of amides is 1. The number of piperidine rings is 1. The molecule has 2 saturated heterocycles. The van der Waals surface area contributed by atoms with E-state index in [1.54, 1.807) is 0 Å². The molecular formula is C22H35N5O2. The number of hydrogen-bond acceptors (Lipinski definition) is 4. The first-order chi connectivity index (χ1) is 14.0. The second-order valence-corrected chi connectivity index (χ2v) is 8.26. The predicted octanol–water partition coefficient (Wildman–Crippen LogP) is 1.57. The summed E-state index contributed by atoms with van der Waals surface area (Å²) in [6.45, 7) is 8.39. The van der Waals surface area contributed by atoms with Crippen molar-refractivity contribution in [1.29, 1.82) is 0 Å². The number of nitrogens with one attached hydrogen (secondary N) is 1. The molecule has 2 aliphatic rings. The van der Waals surface area contributed by atoms with Gasteiger partial charge in [-0.3, -0.25) is 14.7 Å². The molecular weight excluding hydrogens is 366 g/mol. The molecule has 2 heterocycles. The van der Waals surface area contributed by atoms with Crippen molar-refractivity contribution in [2.75, 3.05) is 39.8 Å². The standard InChI is InChI=1S/C22H35N5O2/c1-17-14-26(9-10-29-17)15-19-6-3-5-18(11-19)13-25-22(24-2)27-8-4-7-20(16-27)12-21(23)28/h3,5-6,11,17,20H,4,7-10,12-16H2,1-2H3,(H2,23,28)(H,24,25). The van der Waals surface area contributed by atoms with Crippen LogP contribution in [-0.2, 0) is 22.6 Å². The number of hydrogen-bond donors (Lipinski definition) is 2. The molecule has 0 radical (unpaired) electrons. The lowest BCUT2D eigenvalue weighted by atomic mass is 9.95. The minimum atomic E-state index is -0.216. The summed E-state index contributed by atoms with van der Waals surface area (Å²) < 4.78 is 5.64. The molecule has 3 rings (SSSR count). The van der Waals surface area contributed by atoms with E-state index < -0.39 is 0 Å². The van der Waals surface area contributed by atoms with Crippen LogP contribution >= 0.6 is 0 Å². The molecule has 2 aliphatic heterocycles. The third kappa shape index (κ3) is 6.72. The molecule has 1 amide bonds. The number of rotatable bonds is 6. The van der Waals surface area contributed by atoms with Crippen LogP contribution in [0.15, 0.2) is 29.3 Å². The van der Waals surface area contributed by atoms with Gasteiger partial charge in [-0.05, 0) is 36.8 Å². The van der Waals surface area contributed by atoms with Crippen molar-refractivity contribution >= 4 is 11.9 Å². The van der Waals surface area contributed by atoms with E-state index in [4.69, 9.17) is 10.5 Å². The summed E-state index contributed by atoms with van der Waals surface area (Å²) in [5.74, 6) is 0.997. The minimum Gasteiger partial charge on any atom is -0.376 e. The Kier molecular flexibility index (Phi) is 7.89. The number of carbonyl (C=O) groups is 1. The number of likely N-dealkylation sites (tertiary alicyclic amines) is 1. The third-order valence-electron chi connectivity index (χ3n) is 5.69. The number of ether oxygens (including phenoxy) is 1. The molecule has 0 bridgehead atoms. The number of morpholine rings is 1. The summed E-state index contributed by atoms with van der Waals surface area (Å²) in [6, 6.07) is 8.74. The normalized spacial score (nSPS) is 23.8. The van der Waals surface area contributed by atoms with Crippen molar-refractivity contribution in [3.05, 3.63) is 35.4 Å². The van der Waals surface area contributed by atoms with Crippen LogP contribution < -0.4 is 11.1 Å². The molecule has 7 heteroatoms. The highest BCUT2D eigenvalue weighted by molar-refractivity contribution is 5.80. The second kappa shape index (κ2) is 10.6. The Bertz CT molecular complexity index is 708. The molecule has 160 valence electrons. The van der Waals surface area contributed by atoms with Gasteiger partial charge in [0.05, 0.1) is 12.7 Å². The summed E-state index contributed by atoms with van der Waals surface area (Å²) in [5, 5.41) is 3.49. The second-order valence-electron chi connectivity index (χ2n) is 8.26. The average Bonchev–Trinajstić information content (AvgIpc) is 2.69. The number of guanidine groups is 1. The monoisotopic (exact) mass is 401 g/mol. The van der Waals surface area contributed by atoms with E-state index in [0.29, 0.717) is 18.4 Å². The molecule has 2 unspecified atom stereocenters. The first kappa shape index (κ1) is 21.6. The van der Waals surface area contributed by atoms with Gasteiger partial charge in [0, 0.05) is 52.7 Å². The van der Waals surface area contributed by atoms with Crippen LogP contribution in [0, 0.1) is 5.92 Å². The molecule has 2 fully saturated rings. The third-order valence-corrected chi connectivity index (χ3v) is 5.69. The molecule has 7 nitrogen and oxygen atoms in total. The maximum atomic E-state index is 11.3. The molecule has 0 aromatic heterocycles. The zero-order chi connectivity index (χ0) is 20.6. The quantitative estimate of drug-likeness (QED) is 0.558. The van der Waals surface area contributed by atoms with Crippen molar-refractivity contribution in [2.45, 2.75) is 45.4 Å². The van der Waals surface area contributed by atoms with Gasteiger partial charge in [0.1, 0.15) is 0 Å². The van der Waals surface area contributed by atoms with Gasteiger partial charge in [-0.25, -0.2) is 0 Å². The Morgan fingerprint density at radius 1 is 1.31 bits per heavy atom. The van der Waals surface area contributed by atoms with Gasteiger partial charge in [0.2, 0.25) is 5.91 Å². The van der Waals surface area contributed by atoms with Crippen LogP contribution in [-0.4, -0.2) is 67.6 Å². The van der Waals surface area contributed by atoms with Crippen molar-refractivity contribution in [3.8, 4) is 0 Å². The largest absolute Gasteiger partial charge is 0.376 e. The van der Waals surface area contributed by atoms with Crippen LogP contribution in [0.5, 0.6) is 0 Å². The maximum absolute atomic E-state index is 11.3. The lowest BCUT2D eigenvalue weighted by Gasteiger charge is -2.34. The topological polar surface area (TPSA) is 83.2 Å². The highest BCUT2D eigenvalue weighted by Crippen LogP contribution is 2.19. The number of aliphatic imine (C=N–C) groups is 1. The van der Waals surface area contributed by atoms with Crippen LogP contribution in [0.4, 0.5) is 0 Å². The molecule has 2 atom stereocenters. The number of nitrogens with two attached hydrogens (primary N) is 1. The molecule has 3 N–H and O–H groups in total. The molecule has 1 aromatic carbocycles. The van der Waals surface area contributed by atoms with Gasteiger partial charge in [-0.1, -0.05) is 24.3 Å². The first-order valence-electron chi connectivity index (χ1n) is 10.7. The number of nitrogens with zero attached hydrogens (tertiary/aromatic N) is 3. The van der Waals surface area contributed by atoms with Gasteiger partial charge in [-0.15, -0.1) is 0 Å². The SMILES string of the molecule is CN=C(NCc1cccc(CN2CCOC(C)C2)c1)N1CCCC(CC(N)=O)C1. The summed E-state index contributed by atoms with van der Waals surface area (Å²) >= 11 is 0. The number of benzene rings is 1. The van der Waals surface area contributed by atoms with E-state index in [-0.39, 0.29) is 5.91 Å². The van der Waals surface area contributed by atoms with Crippen LogP contribution in [0.2, 0.25) is 0 Å². The summed E-state index contributed by atoms with van der Waals surface area (Å²) in [5.41, 5.74) is 7.96. The van der Waals surface area contributed by atoms with Gasteiger partial charge in [-0.2, -0.15) is 0 Å². The van der Waals surface area contributed by atoms with Crippen LogP contribution in [0.1, 0.15) is 37.3 Å². The van der Waals surface area contributed by atoms with E-state index in [1.165, 1.54) is 11.1 Å². The summed E-state index contributed by atoms with van der Waals surface area (Å²) in [6.07, 6.45) is 2.88. The van der Waals surface area contributed by atoms with Gasteiger partial charge in [0.25, 0.3) is 0 Å². The zero-order valence-electron chi connectivity index (χ0n) is 17.8. The Balaban J connectivity index is 1.53. The van der Waals surface area contributed by atoms with Crippen molar-refractivity contribution in [3.63, 3.8) is 0 Å². The average molecular weight is 402 g/mol. The Hall–Kier alpha value is -2.12. The minimum absolute atomic E-state index is 0.216. The Morgan fingerprint density at radius 2 is 2.14 bits per heavy atom. The van der Waals surface area contributed by atoms with E-state index in [2.05, 4.69) is 51.3 Å². The van der Waals surface area contributed by atoms with Crippen LogP contribution in [0.3, 0.4) is 0 Å². The fourth-order valence-corrected chi connectivity index (χ4v) is 4.35. The van der Waals surface area contributed by atoms with E-state index in [9.17, 15) is 4.79 Å². The van der Waals surface area contributed by atoms with Crippen molar-refractivity contribution in [1.82, 2.24) is 15.1 Å². The smallest absolute Gasteiger partial charge is 0.217 e. The molecule has 1 aromatic rings. The number of primary amides is 1. The number of carbonyl (C=O) groups excluding carboxylic acids is 1. The van der Waals surface area contributed by atoms with Gasteiger partial charge >= 0.3 is 0 Å². The molecule has 0 saturated carbocycles. The lowest BCUT2D eigenvalue weighted by molar-refractivity contribution is -0.119. The molecule has 29 heavy (non-hydrogen) atoms. The molecule has 0 spiro atoms. The fourth-order valence-electron chi connectivity index (χ4n) is 4.35. The highest BCUT2D eigenvalue weighted by atomic mass is 16.5. The van der Waals surface area contributed by atoms with E-state index in [1.807, 2.05) is 7.05 Å². The first-order valence-corrected chi connectivity index (χ1v) is 10.7. The highest BCUT2D eigenvalue weighted by Gasteiger charge is 2.23. The Morgan fingerprint density at radius 3 is 2.90 bits per heavy atom. The van der Waals surface area contributed by atoms with Crippen molar-refractivity contribution in [2.24, 2.45) is 16.6 Å². The van der Waals surface area contributed by atoms with Gasteiger partial charge < -0.3 is 20.7 Å². The summed E-state index contributed by atoms with van der Waals surface area (Å²) in [7, 11) is 1.82. The molecule has 0 aliphatic carbocycles. The maximum Gasteiger partial charge on any atom is 0.217 e. The van der Waals surface area contributed by atoms with Crippen molar-refractivity contribution < 1.29 is 9.53 Å². The van der Waals surface area contributed by atoms with Gasteiger partial charge in [0.15, 0.2) is 5.96 Å². The van der Waals surface area contributed by atoms with E-state index in [0.717, 1.165) is 64.7 Å². The fraction of sp³-hybridized carbons (Fsp3) is 0.636. The Labute approximate surface area is 174 Å². The predicted molar refractivity (Wildman–Crippen MR) is 115 cm³/mol. The van der Waals surface area contributed by atoms with E-state index >= 15 is 0 Å². The summed E-state index contributed by atoms with van der Waals surface area (Å²) in [4.78, 5) is 20.4. The zero-order valence-corrected chi connectivity index (χ0v) is 17.8. The van der Waals surface area contributed by atoms with Crippen LogP contribution in [0.25, 0.3) is 0 Å².